The van der Waals surface area contributed by atoms with E-state index in [1.165, 1.54) is 45.4 Å². The molecule has 0 aliphatic rings. The van der Waals surface area contributed by atoms with Gasteiger partial charge in [0, 0.05) is 5.75 Å². The first-order valence-electron chi connectivity index (χ1n) is 10.5. The molecule has 0 atom stereocenters. The van der Waals surface area contributed by atoms with E-state index in [0.717, 1.165) is 24.6 Å². The predicted octanol–water partition coefficient (Wildman–Crippen LogP) is 7.09. The van der Waals surface area contributed by atoms with Crippen LogP contribution < -0.4 is 5.32 Å². The number of aromatic nitrogens is 3. The van der Waals surface area contributed by atoms with Crippen molar-refractivity contribution in [2.75, 3.05) is 11.1 Å². The van der Waals surface area contributed by atoms with Crippen LogP contribution in [0.2, 0.25) is 0 Å². The molecule has 1 amide bonds. The Morgan fingerprint density at radius 1 is 1.00 bits per heavy atom. The van der Waals surface area contributed by atoms with Gasteiger partial charge < -0.3 is 0 Å². The maximum absolute atomic E-state index is 12.4. The molecule has 2 aromatic carbocycles. The predicted molar refractivity (Wildman–Crippen MR) is 143 cm³/mol. The molecule has 0 saturated carbocycles. The molecule has 0 bridgehead atoms. The zero-order valence-electron chi connectivity index (χ0n) is 19.3. The zero-order valence-corrected chi connectivity index (χ0v) is 22.5. The molecule has 2 heterocycles. The van der Waals surface area contributed by atoms with Gasteiger partial charge in [-0.05, 0) is 53.6 Å². The molecule has 33 heavy (non-hydrogen) atoms. The molecule has 0 aliphatic heterocycles. The summed E-state index contributed by atoms with van der Waals surface area (Å²) in [4.78, 5) is 16.9. The Kier molecular flexibility index (Phi) is 7.43. The number of aryl methyl sites for hydroxylation is 2. The summed E-state index contributed by atoms with van der Waals surface area (Å²) in [5, 5.41) is 11.8. The molecule has 172 valence electrons. The third kappa shape index (κ3) is 6.15. The fraction of sp³-hybridized carbons (Fsp3) is 0.333. The van der Waals surface area contributed by atoms with Crippen molar-refractivity contribution in [1.29, 1.82) is 0 Å². The largest absolute Gasteiger partial charge is 0.300 e. The number of thioether (sulfide) groups is 2. The van der Waals surface area contributed by atoms with Gasteiger partial charge in [-0.1, -0.05) is 79.9 Å². The van der Waals surface area contributed by atoms with Gasteiger partial charge in [0.25, 0.3) is 0 Å². The molecule has 0 spiro atoms. The molecular formula is C24H26N4OS4. The molecule has 9 heteroatoms. The molecule has 0 saturated heterocycles. The Morgan fingerprint density at radius 3 is 2.42 bits per heavy atom. The number of rotatable bonds is 7. The van der Waals surface area contributed by atoms with Gasteiger partial charge in [0.15, 0.2) is 8.68 Å². The standard InChI is InChI=1S/C24H26N4OS4/c1-14-10-16(24(3,4)5)11-15(2)17(14)12-30-23-28-27-21(33-23)26-20(29)13-31-22-25-18-8-6-7-9-19(18)32-22/h6-11H,12-13H2,1-5H3,(H,26,27,29). The number of carbonyl (C=O) groups excluding carboxylic acids is 1. The van der Waals surface area contributed by atoms with Crippen molar-refractivity contribution in [1.82, 2.24) is 15.2 Å². The van der Waals surface area contributed by atoms with Gasteiger partial charge in [0.2, 0.25) is 11.0 Å². The van der Waals surface area contributed by atoms with Crippen molar-refractivity contribution in [2.24, 2.45) is 0 Å². The minimum atomic E-state index is -0.101. The summed E-state index contributed by atoms with van der Waals surface area (Å²) in [7, 11) is 0. The lowest BCUT2D eigenvalue weighted by Crippen LogP contribution is -2.13. The lowest BCUT2D eigenvalue weighted by atomic mass is 9.84. The average Bonchev–Trinajstić information content (AvgIpc) is 3.37. The number of amides is 1. The summed E-state index contributed by atoms with van der Waals surface area (Å²) in [5.74, 6) is 1.02. The highest BCUT2D eigenvalue weighted by molar-refractivity contribution is 8.01. The number of nitrogens with zero attached hydrogens (tertiary/aromatic N) is 3. The Hall–Kier alpha value is -1.94. The molecule has 4 rings (SSSR count). The summed E-state index contributed by atoms with van der Waals surface area (Å²) < 4.78 is 2.87. The number of benzene rings is 2. The maximum atomic E-state index is 12.4. The van der Waals surface area contributed by atoms with E-state index in [1.54, 1.807) is 23.1 Å². The topological polar surface area (TPSA) is 67.8 Å². The molecule has 0 radical (unpaired) electrons. The summed E-state index contributed by atoms with van der Waals surface area (Å²) >= 11 is 6.11. The van der Waals surface area contributed by atoms with Gasteiger partial charge in [0.1, 0.15) is 0 Å². The SMILES string of the molecule is Cc1cc(C(C)(C)C)cc(C)c1CSc1nnc(NC(=O)CSc2nc3ccccc3s2)s1. The minimum absolute atomic E-state index is 0.101. The van der Waals surface area contributed by atoms with Gasteiger partial charge in [-0.3, -0.25) is 10.1 Å². The summed E-state index contributed by atoms with van der Waals surface area (Å²) in [6.45, 7) is 11.1. The van der Waals surface area contributed by atoms with E-state index in [2.05, 4.69) is 67.2 Å². The van der Waals surface area contributed by atoms with Gasteiger partial charge >= 0.3 is 0 Å². The second-order valence-corrected chi connectivity index (χ2v) is 13.2. The Morgan fingerprint density at radius 2 is 1.73 bits per heavy atom. The van der Waals surface area contributed by atoms with Crippen LogP contribution in [0.15, 0.2) is 45.1 Å². The van der Waals surface area contributed by atoms with Crippen LogP contribution in [0.1, 0.15) is 43.0 Å². The number of carbonyl (C=O) groups is 1. The third-order valence-electron chi connectivity index (χ3n) is 5.16. The number of para-hydroxylation sites is 1. The molecule has 0 aliphatic carbocycles. The van der Waals surface area contributed by atoms with Crippen LogP contribution in [0.4, 0.5) is 5.13 Å². The quantitative estimate of drug-likeness (QED) is 0.210. The number of thiazole rings is 1. The second kappa shape index (κ2) is 10.1. The Bertz CT molecular complexity index is 1230. The molecule has 2 aromatic heterocycles. The van der Waals surface area contributed by atoms with Crippen LogP contribution in [-0.2, 0) is 16.0 Å². The van der Waals surface area contributed by atoms with E-state index in [9.17, 15) is 4.79 Å². The maximum Gasteiger partial charge on any atom is 0.236 e. The van der Waals surface area contributed by atoms with Crippen LogP contribution in [0.25, 0.3) is 10.2 Å². The first-order chi connectivity index (χ1) is 15.7. The first-order valence-corrected chi connectivity index (χ1v) is 14.1. The minimum Gasteiger partial charge on any atom is -0.300 e. The van der Waals surface area contributed by atoms with Crippen molar-refractivity contribution in [3.8, 4) is 0 Å². The van der Waals surface area contributed by atoms with Gasteiger partial charge in [-0.25, -0.2) is 4.98 Å². The van der Waals surface area contributed by atoms with E-state index in [0.29, 0.717) is 10.9 Å². The lowest BCUT2D eigenvalue weighted by molar-refractivity contribution is -0.113. The molecule has 0 fully saturated rings. The molecule has 0 unspecified atom stereocenters. The molecular weight excluding hydrogens is 489 g/mol. The Balaban J connectivity index is 1.31. The van der Waals surface area contributed by atoms with Gasteiger partial charge in [0.05, 0.1) is 16.0 Å². The summed E-state index contributed by atoms with van der Waals surface area (Å²) in [6.07, 6.45) is 0. The number of anilines is 1. The number of fused-ring (bicyclic) bond motifs is 1. The van der Waals surface area contributed by atoms with Crippen LogP contribution in [-0.4, -0.2) is 26.8 Å². The fourth-order valence-corrected chi connectivity index (χ4v) is 7.14. The van der Waals surface area contributed by atoms with Crippen molar-refractivity contribution >= 4 is 67.5 Å². The number of hydrogen-bond acceptors (Lipinski definition) is 8. The normalized spacial score (nSPS) is 11.8. The van der Waals surface area contributed by atoms with Crippen LogP contribution in [0.3, 0.4) is 0 Å². The van der Waals surface area contributed by atoms with Crippen molar-refractivity contribution in [2.45, 2.75) is 54.5 Å². The lowest BCUT2D eigenvalue weighted by Gasteiger charge is -2.22. The highest BCUT2D eigenvalue weighted by Crippen LogP contribution is 2.33. The van der Waals surface area contributed by atoms with E-state index >= 15 is 0 Å². The first kappa shape index (κ1) is 24.2. The van der Waals surface area contributed by atoms with Crippen molar-refractivity contribution in [3.05, 3.63) is 58.7 Å². The average molecular weight is 515 g/mol. The van der Waals surface area contributed by atoms with E-state index in [4.69, 9.17) is 0 Å². The van der Waals surface area contributed by atoms with Crippen LogP contribution >= 0.6 is 46.2 Å². The second-order valence-electron chi connectivity index (χ2n) is 8.78. The van der Waals surface area contributed by atoms with Crippen molar-refractivity contribution in [3.63, 3.8) is 0 Å². The van der Waals surface area contributed by atoms with E-state index in [-0.39, 0.29) is 11.3 Å². The van der Waals surface area contributed by atoms with Crippen LogP contribution in [0.5, 0.6) is 0 Å². The molecule has 1 N–H and O–H groups in total. The number of hydrogen-bond donors (Lipinski definition) is 1. The summed E-state index contributed by atoms with van der Waals surface area (Å²) in [6, 6.07) is 12.6. The smallest absolute Gasteiger partial charge is 0.236 e. The highest BCUT2D eigenvalue weighted by atomic mass is 32.2. The zero-order chi connectivity index (χ0) is 23.6. The molecule has 5 nitrogen and oxygen atoms in total. The van der Waals surface area contributed by atoms with E-state index in [1.807, 2.05) is 24.3 Å². The third-order valence-corrected chi connectivity index (χ3v) is 9.33. The van der Waals surface area contributed by atoms with Crippen molar-refractivity contribution < 1.29 is 4.79 Å². The van der Waals surface area contributed by atoms with Crippen LogP contribution in [0, 0.1) is 13.8 Å². The monoisotopic (exact) mass is 514 g/mol. The molecule has 4 aromatic rings. The fourth-order valence-electron chi connectivity index (χ4n) is 3.30. The Labute approximate surface area is 210 Å². The highest BCUT2D eigenvalue weighted by Gasteiger charge is 2.17. The van der Waals surface area contributed by atoms with E-state index < -0.39 is 0 Å². The van der Waals surface area contributed by atoms with Gasteiger partial charge in [-0.2, -0.15) is 0 Å². The van der Waals surface area contributed by atoms with Gasteiger partial charge in [-0.15, -0.1) is 21.5 Å². The summed E-state index contributed by atoms with van der Waals surface area (Å²) in [5.41, 5.74) is 6.40. The number of nitrogens with one attached hydrogen (secondary N) is 1.